The lowest BCUT2D eigenvalue weighted by atomic mass is 9.78. The second-order valence-corrected chi connectivity index (χ2v) is 3.98. The molecule has 13 heavy (non-hydrogen) atoms. The molecule has 0 bridgehead atoms. The van der Waals surface area contributed by atoms with Crippen molar-refractivity contribution in [3.05, 3.63) is 0 Å². The maximum atomic E-state index is 13.2. The predicted molar refractivity (Wildman–Crippen MR) is 46.9 cm³/mol. The molecule has 1 aliphatic carbocycles. The van der Waals surface area contributed by atoms with Crippen LogP contribution in [-0.4, -0.2) is 19.0 Å². The van der Waals surface area contributed by atoms with E-state index in [0.29, 0.717) is 12.8 Å². The summed E-state index contributed by atoms with van der Waals surface area (Å²) in [7, 11) is 0. The molecule has 2 unspecified atom stereocenters. The molecule has 0 aliphatic heterocycles. The Labute approximate surface area is 77.5 Å². The van der Waals surface area contributed by atoms with Crippen molar-refractivity contribution in [3.8, 4) is 0 Å². The zero-order chi connectivity index (χ0) is 9.84. The molecule has 0 nitrogen and oxygen atoms in total. The van der Waals surface area contributed by atoms with Crippen LogP contribution in [0.4, 0.5) is 13.2 Å². The van der Waals surface area contributed by atoms with E-state index >= 15 is 0 Å². The largest absolute Gasteiger partial charge is 0.251 e. The number of alkyl halides is 3. The Kier molecular flexibility index (Phi) is 4.07. The fourth-order valence-corrected chi connectivity index (χ4v) is 2.15. The van der Waals surface area contributed by atoms with E-state index in [2.05, 4.69) is 0 Å². The van der Waals surface area contributed by atoms with Gasteiger partial charge in [-0.25, -0.2) is 8.78 Å². The Morgan fingerprint density at radius 2 is 1.69 bits per heavy atom. The fraction of sp³-hybridized carbons (Fsp3) is 1.00. The fourth-order valence-electron chi connectivity index (χ4n) is 2.15. The maximum absolute atomic E-state index is 13.2. The monoisotopic (exact) mass is 194 g/mol. The third kappa shape index (κ3) is 2.61. The van der Waals surface area contributed by atoms with Gasteiger partial charge in [0.2, 0.25) is 0 Å². The van der Waals surface area contributed by atoms with E-state index in [0.717, 1.165) is 12.8 Å². The van der Waals surface area contributed by atoms with Crippen molar-refractivity contribution >= 4 is 0 Å². The number of rotatable bonds is 3. The highest BCUT2D eigenvalue weighted by Crippen LogP contribution is 2.35. The van der Waals surface area contributed by atoms with Crippen LogP contribution >= 0.6 is 0 Å². The quantitative estimate of drug-likeness (QED) is 0.645. The lowest BCUT2D eigenvalue weighted by molar-refractivity contribution is 0.0277. The first kappa shape index (κ1) is 10.9. The molecule has 1 fully saturated rings. The average Bonchev–Trinajstić information content (AvgIpc) is 2.04. The first-order valence-electron chi connectivity index (χ1n) is 5.03. The van der Waals surface area contributed by atoms with Gasteiger partial charge in [-0.1, -0.05) is 19.8 Å². The lowest BCUT2D eigenvalue weighted by Crippen LogP contribution is -2.36. The normalized spacial score (nSPS) is 40.6. The summed E-state index contributed by atoms with van der Waals surface area (Å²) in [5.41, 5.74) is 0. The van der Waals surface area contributed by atoms with E-state index in [9.17, 15) is 13.2 Å². The summed E-state index contributed by atoms with van der Waals surface area (Å²) in [5, 5.41) is 0. The van der Waals surface area contributed by atoms with Crippen molar-refractivity contribution in [3.63, 3.8) is 0 Å². The van der Waals surface area contributed by atoms with Gasteiger partial charge in [0.15, 0.2) is 0 Å². The Morgan fingerprint density at radius 3 is 2.08 bits per heavy atom. The van der Waals surface area contributed by atoms with Crippen molar-refractivity contribution in [2.75, 3.05) is 6.67 Å². The zero-order valence-electron chi connectivity index (χ0n) is 7.98. The van der Waals surface area contributed by atoms with Crippen LogP contribution in [0.25, 0.3) is 0 Å². The molecule has 0 spiro atoms. The smallest absolute Gasteiger partial charge is 0.108 e. The number of hydrogen-bond acceptors (Lipinski definition) is 0. The molecule has 1 saturated carbocycles. The van der Waals surface area contributed by atoms with Crippen LogP contribution in [-0.2, 0) is 0 Å². The van der Waals surface area contributed by atoms with E-state index in [1.807, 2.05) is 6.92 Å². The number of halogens is 3. The molecule has 0 aromatic heterocycles. The number of hydrogen-bond donors (Lipinski definition) is 0. The summed E-state index contributed by atoms with van der Waals surface area (Å²) >= 11 is 0. The van der Waals surface area contributed by atoms with Crippen molar-refractivity contribution in [1.29, 1.82) is 0 Å². The van der Waals surface area contributed by atoms with Gasteiger partial charge in [0, 0.05) is 5.92 Å². The minimum absolute atomic E-state index is 0.123. The predicted octanol–water partition coefficient (Wildman–Crippen LogP) is 3.46. The molecule has 0 heterocycles. The molecule has 2 atom stereocenters. The van der Waals surface area contributed by atoms with E-state index < -0.39 is 24.9 Å². The third-order valence-corrected chi connectivity index (χ3v) is 2.92. The Balaban J connectivity index is 2.46. The standard InChI is InChI=1S/C10H17F3/c1-2-3-7-4-9(12)8(6-11)10(13)5-7/h7-10H,2-6H2,1H3. The van der Waals surface area contributed by atoms with E-state index in [1.54, 1.807) is 0 Å². The van der Waals surface area contributed by atoms with Crippen LogP contribution in [0.3, 0.4) is 0 Å². The molecule has 0 aromatic rings. The van der Waals surface area contributed by atoms with Crippen LogP contribution in [0, 0.1) is 11.8 Å². The van der Waals surface area contributed by atoms with Crippen LogP contribution in [0.5, 0.6) is 0 Å². The van der Waals surface area contributed by atoms with Gasteiger partial charge in [0.1, 0.15) is 12.3 Å². The van der Waals surface area contributed by atoms with Gasteiger partial charge in [-0.05, 0) is 18.8 Å². The highest BCUT2D eigenvalue weighted by molar-refractivity contribution is 4.86. The first-order chi connectivity index (χ1) is 6.19. The van der Waals surface area contributed by atoms with Gasteiger partial charge >= 0.3 is 0 Å². The van der Waals surface area contributed by atoms with Gasteiger partial charge in [-0.2, -0.15) is 0 Å². The highest BCUT2D eigenvalue weighted by Gasteiger charge is 2.37. The average molecular weight is 194 g/mol. The Hall–Kier alpha value is -0.210. The molecule has 0 N–H and O–H groups in total. The van der Waals surface area contributed by atoms with Crippen molar-refractivity contribution in [2.45, 2.75) is 45.0 Å². The molecular formula is C10H17F3. The molecular weight excluding hydrogens is 177 g/mol. The van der Waals surface area contributed by atoms with Gasteiger partial charge in [-0.15, -0.1) is 0 Å². The van der Waals surface area contributed by atoms with E-state index in [4.69, 9.17) is 0 Å². The van der Waals surface area contributed by atoms with E-state index in [-0.39, 0.29) is 5.92 Å². The molecule has 3 heteroatoms. The van der Waals surface area contributed by atoms with Gasteiger partial charge in [-0.3, -0.25) is 4.39 Å². The SMILES string of the molecule is CCCC1CC(F)C(CF)C(F)C1. The van der Waals surface area contributed by atoms with Crippen LogP contribution in [0.15, 0.2) is 0 Å². The molecule has 0 radical (unpaired) electrons. The van der Waals surface area contributed by atoms with Crippen molar-refractivity contribution in [1.82, 2.24) is 0 Å². The van der Waals surface area contributed by atoms with Gasteiger partial charge < -0.3 is 0 Å². The van der Waals surface area contributed by atoms with Crippen molar-refractivity contribution in [2.24, 2.45) is 11.8 Å². The Bertz CT molecular complexity index is 137. The van der Waals surface area contributed by atoms with Gasteiger partial charge in [0.05, 0.1) is 6.67 Å². The van der Waals surface area contributed by atoms with Gasteiger partial charge in [0.25, 0.3) is 0 Å². The minimum Gasteiger partial charge on any atom is -0.251 e. The summed E-state index contributed by atoms with van der Waals surface area (Å²) in [5.74, 6) is -0.870. The van der Waals surface area contributed by atoms with Crippen LogP contribution in [0.2, 0.25) is 0 Å². The summed E-state index contributed by atoms with van der Waals surface area (Å²) in [6.07, 6.45) is -0.0359. The minimum atomic E-state index is -1.27. The highest BCUT2D eigenvalue weighted by atomic mass is 19.2. The topological polar surface area (TPSA) is 0 Å². The molecule has 0 saturated heterocycles. The second kappa shape index (κ2) is 4.87. The molecule has 78 valence electrons. The van der Waals surface area contributed by atoms with Crippen LogP contribution in [0.1, 0.15) is 32.6 Å². The zero-order valence-corrected chi connectivity index (χ0v) is 7.98. The van der Waals surface area contributed by atoms with Crippen LogP contribution < -0.4 is 0 Å². The molecule has 0 aromatic carbocycles. The molecule has 0 amide bonds. The van der Waals surface area contributed by atoms with Crippen molar-refractivity contribution < 1.29 is 13.2 Å². The summed E-state index contributed by atoms with van der Waals surface area (Å²) in [6.45, 7) is 1.14. The molecule has 1 rings (SSSR count). The summed E-state index contributed by atoms with van der Waals surface area (Å²) < 4.78 is 38.6. The maximum Gasteiger partial charge on any atom is 0.108 e. The molecule has 1 aliphatic rings. The van der Waals surface area contributed by atoms with E-state index in [1.165, 1.54) is 0 Å². The Morgan fingerprint density at radius 1 is 1.15 bits per heavy atom. The lowest BCUT2D eigenvalue weighted by Gasteiger charge is -2.32. The third-order valence-electron chi connectivity index (χ3n) is 2.92. The summed E-state index contributed by atoms with van der Waals surface area (Å²) in [6, 6.07) is 0. The first-order valence-corrected chi connectivity index (χ1v) is 5.03. The second-order valence-electron chi connectivity index (χ2n) is 3.98. The summed E-state index contributed by atoms with van der Waals surface area (Å²) in [4.78, 5) is 0.